The number of hydrogen-bond donors (Lipinski definition) is 1. The minimum Gasteiger partial charge on any atom is -0.311 e. The third-order valence-corrected chi connectivity index (χ3v) is 2.22. The molecule has 0 bridgehead atoms. The van der Waals surface area contributed by atoms with Gasteiger partial charge in [-0.15, -0.1) is 0 Å². The third-order valence-electron chi connectivity index (χ3n) is 2.22. The molecule has 0 saturated heterocycles. The molecule has 1 N–H and O–H groups in total. The quantitative estimate of drug-likeness (QED) is 0.801. The van der Waals surface area contributed by atoms with Gasteiger partial charge in [0.2, 0.25) is 0 Å². The summed E-state index contributed by atoms with van der Waals surface area (Å²) in [5.41, 5.74) is 1.83. The molecule has 3 heteroatoms. The lowest BCUT2D eigenvalue weighted by atomic mass is 10.0. The first-order chi connectivity index (χ1) is 6.56. The molecule has 0 amide bonds. The monoisotopic (exact) mass is 194 g/mol. The fourth-order valence-corrected chi connectivity index (χ4v) is 1.68. The fourth-order valence-electron chi connectivity index (χ4n) is 1.68. The molecule has 1 heterocycles. The summed E-state index contributed by atoms with van der Waals surface area (Å²) in [4.78, 5) is 18.8. The van der Waals surface area contributed by atoms with Gasteiger partial charge in [-0.25, -0.2) is 4.98 Å². The Balaban J connectivity index is 3.29. The van der Waals surface area contributed by atoms with E-state index in [0.29, 0.717) is 5.82 Å². The Labute approximate surface area is 84.6 Å². The number of H-pyrrole nitrogens is 1. The molecule has 0 aliphatic rings. The van der Waals surface area contributed by atoms with Gasteiger partial charge in [0, 0.05) is 5.56 Å². The van der Waals surface area contributed by atoms with Gasteiger partial charge in [0.25, 0.3) is 5.56 Å². The third kappa shape index (κ3) is 2.22. The van der Waals surface area contributed by atoms with E-state index in [1.165, 1.54) is 0 Å². The van der Waals surface area contributed by atoms with Gasteiger partial charge < -0.3 is 4.98 Å². The highest BCUT2D eigenvalue weighted by molar-refractivity contribution is 5.21. The van der Waals surface area contributed by atoms with Crippen molar-refractivity contribution < 1.29 is 0 Å². The number of nitrogens with zero attached hydrogens (tertiary/aromatic N) is 1. The zero-order chi connectivity index (χ0) is 10.7. The first kappa shape index (κ1) is 11.0. The van der Waals surface area contributed by atoms with Crippen molar-refractivity contribution in [3.8, 4) is 0 Å². The molecular weight excluding hydrogens is 176 g/mol. The fraction of sp³-hybridized carbons (Fsp3) is 0.636. The van der Waals surface area contributed by atoms with Gasteiger partial charge in [-0.2, -0.15) is 0 Å². The zero-order valence-electron chi connectivity index (χ0n) is 9.35. The Kier molecular flexibility index (Phi) is 3.44. The largest absolute Gasteiger partial charge is 0.311 e. The zero-order valence-corrected chi connectivity index (χ0v) is 9.35. The number of hydrogen-bond acceptors (Lipinski definition) is 2. The summed E-state index contributed by atoms with van der Waals surface area (Å²) >= 11 is 0. The van der Waals surface area contributed by atoms with Crippen LogP contribution in [0.1, 0.15) is 50.2 Å². The molecule has 14 heavy (non-hydrogen) atoms. The lowest BCUT2D eigenvalue weighted by Crippen LogP contribution is -2.20. The number of aryl methyl sites for hydroxylation is 2. The van der Waals surface area contributed by atoms with Crippen LogP contribution >= 0.6 is 0 Å². The Morgan fingerprint density at radius 2 is 2.07 bits per heavy atom. The standard InChI is InChI=1S/C11H18N2O/c1-5-6-9-10(7(2)3)11(14)13-8(4)12-9/h7H,5-6H2,1-4H3,(H,12,13,14). The van der Waals surface area contributed by atoms with E-state index in [2.05, 4.69) is 16.9 Å². The summed E-state index contributed by atoms with van der Waals surface area (Å²) in [6.07, 6.45) is 1.91. The van der Waals surface area contributed by atoms with Crippen LogP contribution in [0, 0.1) is 6.92 Å². The molecule has 0 aliphatic carbocycles. The number of aromatic amines is 1. The van der Waals surface area contributed by atoms with Crippen molar-refractivity contribution in [2.24, 2.45) is 0 Å². The van der Waals surface area contributed by atoms with Gasteiger partial charge in [0.15, 0.2) is 0 Å². The van der Waals surface area contributed by atoms with Crippen LogP contribution < -0.4 is 5.56 Å². The summed E-state index contributed by atoms with van der Waals surface area (Å²) < 4.78 is 0. The van der Waals surface area contributed by atoms with Crippen LogP contribution in [-0.4, -0.2) is 9.97 Å². The van der Waals surface area contributed by atoms with Gasteiger partial charge in [-0.1, -0.05) is 27.2 Å². The van der Waals surface area contributed by atoms with Crippen molar-refractivity contribution >= 4 is 0 Å². The van der Waals surface area contributed by atoms with Crippen LogP contribution in [0.15, 0.2) is 4.79 Å². The number of nitrogens with one attached hydrogen (secondary N) is 1. The number of aromatic nitrogens is 2. The molecule has 0 atom stereocenters. The molecule has 0 radical (unpaired) electrons. The average Bonchev–Trinajstić information content (AvgIpc) is 2.01. The summed E-state index contributed by atoms with van der Waals surface area (Å²) in [5, 5.41) is 0. The highest BCUT2D eigenvalue weighted by atomic mass is 16.1. The summed E-state index contributed by atoms with van der Waals surface area (Å²) in [6.45, 7) is 7.98. The smallest absolute Gasteiger partial charge is 0.254 e. The van der Waals surface area contributed by atoms with Crippen LogP contribution in [0.5, 0.6) is 0 Å². The molecule has 1 aromatic rings. The SMILES string of the molecule is CCCc1nc(C)[nH]c(=O)c1C(C)C. The van der Waals surface area contributed by atoms with E-state index in [-0.39, 0.29) is 11.5 Å². The van der Waals surface area contributed by atoms with E-state index in [4.69, 9.17) is 0 Å². The van der Waals surface area contributed by atoms with Crippen LogP contribution in [0.2, 0.25) is 0 Å². The van der Waals surface area contributed by atoms with E-state index in [1.54, 1.807) is 0 Å². The molecular formula is C11H18N2O. The molecule has 3 nitrogen and oxygen atoms in total. The van der Waals surface area contributed by atoms with Gasteiger partial charge >= 0.3 is 0 Å². The van der Waals surface area contributed by atoms with Crippen molar-refractivity contribution in [2.75, 3.05) is 0 Å². The second kappa shape index (κ2) is 4.40. The second-order valence-corrected chi connectivity index (χ2v) is 3.92. The summed E-state index contributed by atoms with van der Waals surface area (Å²) in [5.74, 6) is 0.955. The Morgan fingerprint density at radius 1 is 1.43 bits per heavy atom. The predicted molar refractivity (Wildman–Crippen MR) is 57.7 cm³/mol. The summed E-state index contributed by atoms with van der Waals surface area (Å²) in [6, 6.07) is 0. The highest BCUT2D eigenvalue weighted by Gasteiger charge is 2.12. The predicted octanol–water partition coefficient (Wildman–Crippen LogP) is 2.15. The van der Waals surface area contributed by atoms with Gasteiger partial charge in [-0.3, -0.25) is 4.79 Å². The van der Waals surface area contributed by atoms with Crippen LogP contribution in [-0.2, 0) is 6.42 Å². The van der Waals surface area contributed by atoms with Crippen molar-refractivity contribution in [3.63, 3.8) is 0 Å². The minimum absolute atomic E-state index is 0.0240. The van der Waals surface area contributed by atoms with Crippen LogP contribution in [0.4, 0.5) is 0 Å². The van der Waals surface area contributed by atoms with Crippen LogP contribution in [0.3, 0.4) is 0 Å². The van der Waals surface area contributed by atoms with E-state index in [0.717, 1.165) is 24.1 Å². The second-order valence-electron chi connectivity index (χ2n) is 3.92. The lowest BCUT2D eigenvalue weighted by Gasteiger charge is -2.10. The van der Waals surface area contributed by atoms with Crippen molar-refractivity contribution in [1.82, 2.24) is 9.97 Å². The Hall–Kier alpha value is -1.12. The first-order valence-electron chi connectivity index (χ1n) is 5.16. The van der Waals surface area contributed by atoms with E-state index in [1.807, 2.05) is 20.8 Å². The van der Waals surface area contributed by atoms with Crippen molar-refractivity contribution in [3.05, 3.63) is 27.4 Å². The molecule has 0 spiro atoms. The first-order valence-corrected chi connectivity index (χ1v) is 5.16. The topological polar surface area (TPSA) is 45.8 Å². The molecule has 78 valence electrons. The number of rotatable bonds is 3. The molecule has 0 saturated carbocycles. The van der Waals surface area contributed by atoms with Crippen molar-refractivity contribution in [2.45, 2.75) is 46.5 Å². The Bertz CT molecular complexity index is 366. The van der Waals surface area contributed by atoms with Crippen molar-refractivity contribution in [1.29, 1.82) is 0 Å². The van der Waals surface area contributed by atoms with Gasteiger partial charge in [0.05, 0.1) is 5.69 Å². The maximum Gasteiger partial charge on any atom is 0.254 e. The molecule has 1 aromatic heterocycles. The van der Waals surface area contributed by atoms with E-state index < -0.39 is 0 Å². The summed E-state index contributed by atoms with van der Waals surface area (Å²) in [7, 11) is 0. The highest BCUT2D eigenvalue weighted by Crippen LogP contribution is 2.14. The van der Waals surface area contributed by atoms with Gasteiger partial charge in [0.1, 0.15) is 5.82 Å². The molecule has 0 aliphatic heterocycles. The van der Waals surface area contributed by atoms with E-state index >= 15 is 0 Å². The lowest BCUT2D eigenvalue weighted by molar-refractivity contribution is 0.757. The molecule has 1 rings (SSSR count). The van der Waals surface area contributed by atoms with Gasteiger partial charge in [-0.05, 0) is 19.3 Å². The normalized spacial score (nSPS) is 10.9. The average molecular weight is 194 g/mol. The molecule has 0 unspecified atom stereocenters. The maximum absolute atomic E-state index is 11.7. The van der Waals surface area contributed by atoms with E-state index in [9.17, 15) is 4.79 Å². The van der Waals surface area contributed by atoms with Crippen LogP contribution in [0.25, 0.3) is 0 Å². The minimum atomic E-state index is 0.0240. The Morgan fingerprint density at radius 3 is 2.57 bits per heavy atom. The molecule has 0 fully saturated rings. The molecule has 0 aromatic carbocycles. The maximum atomic E-state index is 11.7.